The minimum absolute atomic E-state index is 0.0198. The molecule has 2 atom stereocenters. The van der Waals surface area contributed by atoms with Gasteiger partial charge in [0.05, 0.1) is 33.4 Å². The highest BCUT2D eigenvalue weighted by Crippen LogP contribution is 2.47. The molecule has 1 fully saturated rings. The van der Waals surface area contributed by atoms with Crippen molar-refractivity contribution in [2.24, 2.45) is 0 Å². The number of carbonyl (C=O) groups is 2. The number of fused-ring (bicyclic) bond motifs is 2. The number of nitrogens with zero attached hydrogens (tertiary/aromatic N) is 2. The molecule has 3 heterocycles. The van der Waals surface area contributed by atoms with Gasteiger partial charge in [0.15, 0.2) is 16.6 Å². The number of aromatic nitrogens is 1. The van der Waals surface area contributed by atoms with Gasteiger partial charge in [-0.3, -0.25) is 14.5 Å². The Kier molecular flexibility index (Phi) is 6.07. The van der Waals surface area contributed by atoms with Crippen molar-refractivity contribution < 1.29 is 33.7 Å². The van der Waals surface area contributed by atoms with Gasteiger partial charge in [0.25, 0.3) is 5.78 Å². The Bertz CT molecular complexity index is 1730. The number of benzene rings is 3. The lowest BCUT2D eigenvalue weighted by Crippen LogP contribution is -2.29. The number of thiazole rings is 1. The maximum Gasteiger partial charge on any atom is 0.301 e. The molecule has 0 bridgehead atoms. The second-order valence-electron chi connectivity index (χ2n) is 9.29. The summed E-state index contributed by atoms with van der Waals surface area (Å²) in [5.74, 6) is -2.00. The summed E-state index contributed by atoms with van der Waals surface area (Å²) in [6.07, 6.45) is 0.618. The number of anilines is 1. The maximum absolute atomic E-state index is 13.9. The van der Waals surface area contributed by atoms with Gasteiger partial charge in [-0.15, -0.1) is 0 Å². The van der Waals surface area contributed by atoms with Crippen LogP contribution in [0.4, 0.5) is 9.52 Å². The zero-order chi connectivity index (χ0) is 27.6. The van der Waals surface area contributed by atoms with Crippen LogP contribution in [0.15, 0.2) is 58.6 Å². The molecule has 0 spiro atoms. The normalized spacial score (nSPS) is 19.9. The highest BCUT2D eigenvalue weighted by molar-refractivity contribution is 9.10. The number of aromatic hydroxyl groups is 1. The van der Waals surface area contributed by atoms with E-state index in [0.717, 1.165) is 16.9 Å². The molecule has 198 valence electrons. The fourth-order valence-electron chi connectivity index (χ4n) is 4.97. The molecular formula is C28H20BrFN2O6S. The Morgan fingerprint density at radius 1 is 1.21 bits per heavy atom. The van der Waals surface area contributed by atoms with Crippen LogP contribution in [0.3, 0.4) is 0 Å². The van der Waals surface area contributed by atoms with Gasteiger partial charge in [-0.05, 0) is 82.5 Å². The molecule has 0 saturated carbocycles. The second kappa shape index (κ2) is 9.35. The maximum atomic E-state index is 13.9. The van der Waals surface area contributed by atoms with E-state index in [9.17, 15) is 24.2 Å². The Hall–Kier alpha value is -3.96. The third-order valence-corrected chi connectivity index (χ3v) is 8.37. The van der Waals surface area contributed by atoms with Crippen molar-refractivity contribution in [2.75, 3.05) is 12.0 Å². The van der Waals surface area contributed by atoms with E-state index in [2.05, 4.69) is 20.9 Å². The predicted molar refractivity (Wildman–Crippen MR) is 147 cm³/mol. The number of ether oxygens (including phenoxy) is 2. The first kappa shape index (κ1) is 25.3. The van der Waals surface area contributed by atoms with Crippen LogP contribution in [0.25, 0.3) is 16.0 Å². The first-order chi connectivity index (χ1) is 18.7. The quantitative estimate of drug-likeness (QED) is 0.169. The largest absolute Gasteiger partial charge is 0.507 e. The molecule has 1 saturated heterocycles. The van der Waals surface area contributed by atoms with E-state index >= 15 is 0 Å². The number of hydrogen-bond acceptors (Lipinski definition) is 8. The van der Waals surface area contributed by atoms with E-state index in [0.29, 0.717) is 33.5 Å². The Morgan fingerprint density at radius 3 is 2.77 bits per heavy atom. The van der Waals surface area contributed by atoms with Gasteiger partial charge in [0, 0.05) is 12.0 Å². The van der Waals surface area contributed by atoms with Crippen LogP contribution in [-0.2, 0) is 16.0 Å². The fraction of sp³-hybridized carbons (Fsp3) is 0.179. The summed E-state index contributed by atoms with van der Waals surface area (Å²) in [7, 11) is 1.37. The van der Waals surface area contributed by atoms with Crippen molar-refractivity contribution in [3.63, 3.8) is 0 Å². The smallest absolute Gasteiger partial charge is 0.301 e. The van der Waals surface area contributed by atoms with E-state index in [1.807, 2.05) is 6.92 Å². The van der Waals surface area contributed by atoms with E-state index in [1.54, 1.807) is 24.3 Å². The molecule has 2 N–H and O–H groups in total. The van der Waals surface area contributed by atoms with Crippen molar-refractivity contribution in [3.8, 4) is 17.2 Å². The van der Waals surface area contributed by atoms with Crippen LogP contribution >= 0.6 is 27.3 Å². The molecule has 2 aliphatic rings. The molecule has 0 radical (unpaired) electrons. The van der Waals surface area contributed by atoms with Crippen LogP contribution < -0.4 is 14.4 Å². The van der Waals surface area contributed by atoms with Gasteiger partial charge >= 0.3 is 5.91 Å². The Labute approximate surface area is 234 Å². The van der Waals surface area contributed by atoms with Gasteiger partial charge in [-0.1, -0.05) is 11.3 Å². The number of amides is 1. The number of phenols is 1. The summed E-state index contributed by atoms with van der Waals surface area (Å²) in [6, 6.07) is 11.1. The molecule has 4 aromatic rings. The number of aliphatic hydroxyl groups excluding tert-OH is 1. The molecule has 3 aromatic carbocycles. The number of Topliss-reactive ketones (excluding diaryl/α,β-unsaturated/α-hetero) is 1. The molecule has 2 aliphatic heterocycles. The SMILES string of the molecule is COc1cc([C@@H]2C(=C(O)c3ccc4c(c3)C[C@H](C)O4)C(=O)C(=O)N2c2nc3ccc(F)cc3s2)cc(Br)c1O. The van der Waals surface area contributed by atoms with E-state index in [-0.39, 0.29) is 38.5 Å². The number of methoxy groups -OCH3 is 1. The average molecular weight is 611 g/mol. The van der Waals surface area contributed by atoms with Crippen LogP contribution in [0.2, 0.25) is 0 Å². The standard InChI is InChI=1S/C28H20BrFN2O6S/c1-12-7-14-8-13(3-6-19(14)38-12)24(33)22-23(15-9-17(29)25(34)20(10-15)37-2)32(27(36)26(22)35)28-31-18-5-4-16(30)11-21(18)39-28/h3-6,8-12,23,33-34H,7H2,1-2H3/t12-,23+/m0/s1. The summed E-state index contributed by atoms with van der Waals surface area (Å²) < 4.78 is 25.7. The average Bonchev–Trinajstić information content (AvgIpc) is 3.57. The molecule has 8 nitrogen and oxygen atoms in total. The van der Waals surface area contributed by atoms with Crippen molar-refractivity contribution >= 4 is 60.1 Å². The minimum Gasteiger partial charge on any atom is -0.507 e. The van der Waals surface area contributed by atoms with Crippen molar-refractivity contribution in [1.82, 2.24) is 4.98 Å². The van der Waals surface area contributed by atoms with E-state index < -0.39 is 23.5 Å². The summed E-state index contributed by atoms with van der Waals surface area (Å²) in [4.78, 5) is 32.7. The monoisotopic (exact) mass is 610 g/mol. The minimum atomic E-state index is -1.12. The molecule has 1 aromatic heterocycles. The zero-order valence-corrected chi connectivity index (χ0v) is 23.0. The topological polar surface area (TPSA) is 109 Å². The number of halogens is 2. The zero-order valence-electron chi connectivity index (χ0n) is 20.6. The highest BCUT2D eigenvalue weighted by atomic mass is 79.9. The number of hydrogen-bond donors (Lipinski definition) is 2. The molecular weight excluding hydrogens is 591 g/mol. The summed E-state index contributed by atoms with van der Waals surface area (Å²) in [5.41, 5.74) is 1.90. The van der Waals surface area contributed by atoms with Gasteiger partial charge in [0.1, 0.15) is 23.4 Å². The fourth-order valence-corrected chi connectivity index (χ4v) is 6.44. The number of rotatable bonds is 4. The van der Waals surface area contributed by atoms with Crippen molar-refractivity contribution in [3.05, 3.63) is 81.1 Å². The van der Waals surface area contributed by atoms with E-state index in [1.165, 1.54) is 36.3 Å². The van der Waals surface area contributed by atoms with E-state index in [4.69, 9.17) is 9.47 Å². The lowest BCUT2D eigenvalue weighted by atomic mass is 9.94. The van der Waals surface area contributed by atoms with Crippen molar-refractivity contribution in [1.29, 1.82) is 0 Å². The third-order valence-electron chi connectivity index (χ3n) is 6.75. The second-order valence-corrected chi connectivity index (χ2v) is 11.1. The first-order valence-electron chi connectivity index (χ1n) is 11.9. The van der Waals surface area contributed by atoms with Gasteiger partial charge in [-0.2, -0.15) is 0 Å². The van der Waals surface area contributed by atoms with Crippen LogP contribution in [0.1, 0.15) is 29.7 Å². The Balaban J connectivity index is 1.57. The van der Waals surface area contributed by atoms with Gasteiger partial charge < -0.3 is 19.7 Å². The van der Waals surface area contributed by atoms with Crippen LogP contribution in [0.5, 0.6) is 17.2 Å². The van der Waals surface area contributed by atoms with Gasteiger partial charge in [0.2, 0.25) is 0 Å². The number of carbonyl (C=O) groups excluding carboxylic acids is 2. The molecule has 0 unspecified atom stereocenters. The molecule has 1 amide bonds. The molecule has 11 heteroatoms. The summed E-state index contributed by atoms with van der Waals surface area (Å²) >= 11 is 4.35. The molecule has 0 aliphatic carbocycles. The van der Waals surface area contributed by atoms with Crippen LogP contribution in [0, 0.1) is 5.82 Å². The lowest BCUT2D eigenvalue weighted by Gasteiger charge is -2.24. The number of ketones is 1. The van der Waals surface area contributed by atoms with Crippen LogP contribution in [-0.4, -0.2) is 40.1 Å². The first-order valence-corrected chi connectivity index (χ1v) is 13.5. The van der Waals surface area contributed by atoms with Gasteiger partial charge in [-0.25, -0.2) is 9.37 Å². The number of phenolic OH excluding ortho intramolecular Hbond substituents is 1. The predicted octanol–water partition coefficient (Wildman–Crippen LogP) is 5.86. The number of aliphatic hydroxyl groups is 1. The summed E-state index contributed by atoms with van der Waals surface area (Å²) in [6.45, 7) is 1.94. The summed E-state index contributed by atoms with van der Waals surface area (Å²) in [5, 5.41) is 22.1. The molecule has 39 heavy (non-hydrogen) atoms. The van der Waals surface area contributed by atoms with Crippen molar-refractivity contribution in [2.45, 2.75) is 25.5 Å². The lowest BCUT2D eigenvalue weighted by molar-refractivity contribution is -0.132. The Morgan fingerprint density at radius 2 is 2.00 bits per heavy atom. The highest BCUT2D eigenvalue weighted by Gasteiger charge is 2.48. The molecule has 6 rings (SSSR count). The third kappa shape index (κ3) is 4.12.